The number of hydrogen-bond donors (Lipinski definition) is 3. The van der Waals surface area contributed by atoms with Crippen molar-refractivity contribution in [2.75, 3.05) is 5.32 Å². The minimum Gasteiger partial charge on any atom is -0.481 e. The summed E-state index contributed by atoms with van der Waals surface area (Å²) in [7, 11) is 0. The Kier molecular flexibility index (Phi) is 4.62. The fourth-order valence-corrected chi connectivity index (χ4v) is 5.47. The number of carbonyl (C=O) groups is 3. The molecule has 2 bridgehead atoms. The van der Waals surface area contributed by atoms with E-state index in [4.69, 9.17) is 5.73 Å². The molecule has 7 heteroatoms. The molecule has 1 aromatic rings. The van der Waals surface area contributed by atoms with Gasteiger partial charge in [-0.1, -0.05) is 13.3 Å². The molecule has 2 aliphatic carbocycles. The smallest absolute Gasteiger partial charge is 0.307 e. The molecular formula is C17H22N2O4S. The normalized spacial score (nSPS) is 28.0. The van der Waals surface area contributed by atoms with Crippen LogP contribution in [0.3, 0.4) is 0 Å². The van der Waals surface area contributed by atoms with Crippen LogP contribution in [0.4, 0.5) is 5.00 Å². The van der Waals surface area contributed by atoms with Crippen molar-refractivity contribution in [1.82, 2.24) is 0 Å². The molecular weight excluding hydrogens is 328 g/mol. The second kappa shape index (κ2) is 6.55. The van der Waals surface area contributed by atoms with Gasteiger partial charge in [0.15, 0.2) is 0 Å². The Balaban J connectivity index is 1.82. The molecule has 130 valence electrons. The van der Waals surface area contributed by atoms with Crippen molar-refractivity contribution in [3.63, 3.8) is 0 Å². The van der Waals surface area contributed by atoms with E-state index in [1.54, 1.807) is 6.07 Å². The van der Waals surface area contributed by atoms with E-state index >= 15 is 0 Å². The van der Waals surface area contributed by atoms with Crippen LogP contribution in [-0.2, 0) is 16.0 Å². The number of fused-ring (bicyclic) bond motifs is 2. The van der Waals surface area contributed by atoms with E-state index in [9.17, 15) is 19.5 Å². The average molecular weight is 350 g/mol. The largest absolute Gasteiger partial charge is 0.481 e. The zero-order valence-corrected chi connectivity index (χ0v) is 14.4. The lowest BCUT2D eigenvalue weighted by atomic mass is 9.79. The van der Waals surface area contributed by atoms with E-state index in [0.717, 1.165) is 37.0 Å². The van der Waals surface area contributed by atoms with E-state index in [0.29, 0.717) is 10.6 Å². The molecule has 4 N–H and O–H groups in total. The first kappa shape index (κ1) is 17.0. The Morgan fingerprint density at radius 2 is 1.96 bits per heavy atom. The third-order valence-electron chi connectivity index (χ3n) is 5.29. The SMILES string of the molecule is CCCc1cc(C(N)=O)c(NC(=O)[C@H]2[C@H]3CC[C@@H](C3)[C@@H]2C(=O)O)s1. The Labute approximate surface area is 144 Å². The van der Waals surface area contributed by atoms with Crippen LogP contribution in [0, 0.1) is 23.7 Å². The maximum atomic E-state index is 12.7. The van der Waals surface area contributed by atoms with Gasteiger partial charge in [0.05, 0.1) is 17.4 Å². The molecule has 0 radical (unpaired) electrons. The van der Waals surface area contributed by atoms with Crippen molar-refractivity contribution >= 4 is 34.1 Å². The third-order valence-corrected chi connectivity index (χ3v) is 6.40. The maximum absolute atomic E-state index is 12.7. The second-order valence-corrected chi connectivity index (χ2v) is 7.92. The first-order valence-corrected chi connectivity index (χ1v) is 9.20. The number of carboxylic acids is 1. The molecule has 1 aromatic heterocycles. The molecule has 2 saturated carbocycles. The molecule has 0 aliphatic heterocycles. The highest BCUT2D eigenvalue weighted by molar-refractivity contribution is 7.16. The summed E-state index contributed by atoms with van der Waals surface area (Å²) in [5.74, 6) is -2.67. The number of thiophene rings is 1. The highest BCUT2D eigenvalue weighted by atomic mass is 32.1. The van der Waals surface area contributed by atoms with Crippen LogP contribution >= 0.6 is 11.3 Å². The molecule has 4 atom stereocenters. The van der Waals surface area contributed by atoms with Crippen LogP contribution in [0.5, 0.6) is 0 Å². The number of carbonyl (C=O) groups excluding carboxylic acids is 2. The van der Waals surface area contributed by atoms with Crippen LogP contribution < -0.4 is 11.1 Å². The van der Waals surface area contributed by atoms with Crippen LogP contribution in [0.15, 0.2) is 6.07 Å². The standard InChI is InChI=1S/C17H22N2O4S/c1-2-3-10-7-11(14(18)20)16(24-10)19-15(21)12-8-4-5-9(6-8)13(12)17(22)23/h7-9,12-13H,2-6H2,1H3,(H2,18,20)(H,19,21)(H,22,23)/t8-,9-,12-,13-/m0/s1. The molecule has 2 fully saturated rings. The van der Waals surface area contributed by atoms with Gasteiger partial charge in [-0.05, 0) is 43.6 Å². The van der Waals surface area contributed by atoms with Gasteiger partial charge in [0.2, 0.25) is 5.91 Å². The first-order valence-electron chi connectivity index (χ1n) is 8.38. The van der Waals surface area contributed by atoms with Gasteiger partial charge in [-0.3, -0.25) is 14.4 Å². The fraction of sp³-hybridized carbons (Fsp3) is 0.588. The number of primary amides is 1. The number of aliphatic carboxylic acids is 1. The summed E-state index contributed by atoms with van der Waals surface area (Å²) in [6, 6.07) is 1.72. The zero-order chi connectivity index (χ0) is 17.4. The predicted octanol–water partition coefficient (Wildman–Crippen LogP) is 2.48. The van der Waals surface area contributed by atoms with Crippen molar-refractivity contribution in [3.8, 4) is 0 Å². The number of aryl methyl sites for hydroxylation is 1. The van der Waals surface area contributed by atoms with Gasteiger partial charge in [-0.2, -0.15) is 0 Å². The number of nitrogens with one attached hydrogen (secondary N) is 1. The summed E-state index contributed by atoms with van der Waals surface area (Å²) < 4.78 is 0. The molecule has 1 heterocycles. The number of rotatable bonds is 6. The summed E-state index contributed by atoms with van der Waals surface area (Å²) >= 11 is 1.35. The number of hydrogen-bond acceptors (Lipinski definition) is 4. The van der Waals surface area contributed by atoms with Gasteiger partial charge in [-0.15, -0.1) is 11.3 Å². The summed E-state index contributed by atoms with van der Waals surface area (Å²) in [5.41, 5.74) is 5.72. The minimum atomic E-state index is -0.893. The van der Waals surface area contributed by atoms with E-state index in [2.05, 4.69) is 5.32 Å². The monoisotopic (exact) mass is 350 g/mol. The average Bonchev–Trinajstić information content (AvgIpc) is 3.20. The van der Waals surface area contributed by atoms with Crippen LogP contribution in [0.1, 0.15) is 47.8 Å². The Morgan fingerprint density at radius 3 is 2.54 bits per heavy atom. The molecule has 0 aromatic carbocycles. The lowest BCUT2D eigenvalue weighted by Gasteiger charge is -2.26. The topological polar surface area (TPSA) is 109 Å². The summed E-state index contributed by atoms with van der Waals surface area (Å²) in [6.45, 7) is 2.04. The molecule has 6 nitrogen and oxygen atoms in total. The zero-order valence-electron chi connectivity index (χ0n) is 13.6. The quantitative estimate of drug-likeness (QED) is 0.732. The molecule has 0 unspecified atom stereocenters. The van der Waals surface area contributed by atoms with E-state index in [-0.39, 0.29) is 17.7 Å². The van der Waals surface area contributed by atoms with Crippen molar-refractivity contribution < 1.29 is 19.5 Å². The fourth-order valence-electron chi connectivity index (χ4n) is 4.31. The number of carboxylic acid groups (broad SMARTS) is 1. The van der Waals surface area contributed by atoms with Crippen LogP contribution in [0.25, 0.3) is 0 Å². The highest BCUT2D eigenvalue weighted by Crippen LogP contribution is 2.52. The van der Waals surface area contributed by atoms with E-state index in [1.165, 1.54) is 11.3 Å². The third kappa shape index (κ3) is 2.92. The van der Waals surface area contributed by atoms with Crippen LogP contribution in [0.2, 0.25) is 0 Å². The van der Waals surface area contributed by atoms with Crippen molar-refractivity contribution in [1.29, 1.82) is 0 Å². The van der Waals surface area contributed by atoms with E-state index in [1.807, 2.05) is 6.92 Å². The number of anilines is 1. The maximum Gasteiger partial charge on any atom is 0.307 e. The van der Waals surface area contributed by atoms with Crippen molar-refractivity contribution in [3.05, 3.63) is 16.5 Å². The van der Waals surface area contributed by atoms with Gasteiger partial charge in [-0.25, -0.2) is 0 Å². The highest BCUT2D eigenvalue weighted by Gasteiger charge is 2.54. The van der Waals surface area contributed by atoms with Crippen LogP contribution in [-0.4, -0.2) is 22.9 Å². The van der Waals surface area contributed by atoms with Crippen molar-refractivity contribution in [2.45, 2.75) is 39.0 Å². The van der Waals surface area contributed by atoms with Gasteiger partial charge in [0, 0.05) is 4.88 Å². The lowest BCUT2D eigenvalue weighted by molar-refractivity contribution is -0.148. The van der Waals surface area contributed by atoms with Crippen molar-refractivity contribution in [2.24, 2.45) is 29.4 Å². The summed E-state index contributed by atoms with van der Waals surface area (Å²) in [5, 5.41) is 12.7. The predicted molar refractivity (Wildman–Crippen MR) is 90.9 cm³/mol. The number of amides is 2. The molecule has 0 spiro atoms. The van der Waals surface area contributed by atoms with E-state index < -0.39 is 23.7 Å². The minimum absolute atomic E-state index is 0.0952. The summed E-state index contributed by atoms with van der Waals surface area (Å²) in [6.07, 6.45) is 4.34. The molecule has 3 rings (SSSR count). The second-order valence-electron chi connectivity index (χ2n) is 6.78. The Bertz CT molecular complexity index is 684. The summed E-state index contributed by atoms with van der Waals surface area (Å²) in [4.78, 5) is 36.9. The van der Waals surface area contributed by atoms with Gasteiger partial charge in [0.1, 0.15) is 5.00 Å². The molecule has 2 amide bonds. The number of nitrogens with two attached hydrogens (primary N) is 1. The molecule has 2 aliphatic rings. The van der Waals surface area contributed by atoms with Gasteiger partial charge < -0.3 is 16.2 Å². The first-order chi connectivity index (χ1) is 11.4. The van der Waals surface area contributed by atoms with Gasteiger partial charge in [0.25, 0.3) is 5.91 Å². The molecule has 0 saturated heterocycles. The lowest BCUT2D eigenvalue weighted by Crippen LogP contribution is -2.38. The Hall–Kier alpha value is -1.89. The van der Waals surface area contributed by atoms with Gasteiger partial charge >= 0.3 is 5.97 Å². The Morgan fingerprint density at radius 1 is 1.29 bits per heavy atom. The molecule has 24 heavy (non-hydrogen) atoms.